The number of aryl methyl sites for hydroxylation is 1. The molecule has 0 aromatic heterocycles. The van der Waals surface area contributed by atoms with E-state index in [1.807, 2.05) is 6.07 Å². The van der Waals surface area contributed by atoms with Crippen LogP contribution in [0.5, 0.6) is 5.75 Å². The molecule has 0 aliphatic carbocycles. The molecular weight excluding hydrogens is 232 g/mol. The number of nitrogens with zero attached hydrogens (tertiary/aromatic N) is 1. The van der Waals surface area contributed by atoms with Gasteiger partial charge in [0.15, 0.2) is 0 Å². The highest BCUT2D eigenvalue weighted by Gasteiger charge is 2.06. The maximum Gasteiger partial charge on any atom is 0.123 e. The number of methoxy groups -OCH3 is 1. The van der Waals surface area contributed by atoms with Crippen LogP contribution in [0, 0.1) is 6.92 Å². The van der Waals surface area contributed by atoms with Gasteiger partial charge in [0.1, 0.15) is 5.75 Å². The fourth-order valence-electron chi connectivity index (χ4n) is 1.70. The quantitative estimate of drug-likeness (QED) is 0.787. The third-order valence-electron chi connectivity index (χ3n) is 2.62. The minimum atomic E-state index is 0.563. The first-order chi connectivity index (χ1) is 8.02. The van der Waals surface area contributed by atoms with Crippen molar-refractivity contribution in [1.82, 2.24) is 4.90 Å². The Kier molecular flexibility index (Phi) is 5.38. The van der Waals surface area contributed by atoms with E-state index in [-0.39, 0.29) is 0 Å². The third kappa shape index (κ3) is 4.71. The molecule has 0 aliphatic rings. The van der Waals surface area contributed by atoms with Crippen molar-refractivity contribution in [1.29, 1.82) is 0 Å². The Hall–Kier alpha value is -1.13. The lowest BCUT2D eigenvalue weighted by atomic mass is 10.1. The summed E-state index contributed by atoms with van der Waals surface area (Å²) >= 11 is 4.87. The summed E-state index contributed by atoms with van der Waals surface area (Å²) in [6, 6.07) is 6.21. The molecule has 94 valence electrons. The Balaban J connectivity index is 2.66. The van der Waals surface area contributed by atoms with Gasteiger partial charge in [-0.3, -0.25) is 0 Å². The van der Waals surface area contributed by atoms with Crippen molar-refractivity contribution in [2.24, 2.45) is 5.73 Å². The van der Waals surface area contributed by atoms with Gasteiger partial charge in [0, 0.05) is 25.1 Å². The van der Waals surface area contributed by atoms with Gasteiger partial charge in [0.05, 0.1) is 12.1 Å². The molecule has 0 atom stereocenters. The van der Waals surface area contributed by atoms with Gasteiger partial charge in [-0.2, -0.15) is 0 Å². The highest BCUT2D eigenvalue weighted by molar-refractivity contribution is 7.80. The number of ether oxygens (including phenoxy) is 1. The molecule has 0 unspecified atom stereocenters. The minimum absolute atomic E-state index is 0.563. The smallest absolute Gasteiger partial charge is 0.123 e. The molecule has 1 rings (SSSR count). The van der Waals surface area contributed by atoms with Crippen LogP contribution in [0.3, 0.4) is 0 Å². The summed E-state index contributed by atoms with van der Waals surface area (Å²) < 4.78 is 5.35. The van der Waals surface area contributed by atoms with E-state index in [1.165, 1.54) is 11.1 Å². The minimum Gasteiger partial charge on any atom is -0.496 e. The average Bonchev–Trinajstić information content (AvgIpc) is 2.27. The molecule has 0 radical (unpaired) electrons. The molecule has 2 N–H and O–H groups in total. The second-order valence-electron chi connectivity index (χ2n) is 4.27. The first kappa shape index (κ1) is 13.9. The SMILES string of the molecule is COc1ccc(C)cc1CN(C)CCC(N)=S. The molecule has 0 amide bonds. The number of benzene rings is 1. The second kappa shape index (κ2) is 6.57. The lowest BCUT2D eigenvalue weighted by Gasteiger charge is -2.18. The number of hydrogen-bond donors (Lipinski definition) is 1. The maximum atomic E-state index is 5.49. The fraction of sp³-hybridized carbons (Fsp3) is 0.462. The zero-order chi connectivity index (χ0) is 12.8. The zero-order valence-electron chi connectivity index (χ0n) is 10.7. The Bertz CT molecular complexity index is 393. The Labute approximate surface area is 109 Å². The van der Waals surface area contributed by atoms with E-state index in [1.54, 1.807) is 7.11 Å². The van der Waals surface area contributed by atoms with E-state index < -0.39 is 0 Å². The molecule has 0 fully saturated rings. The summed E-state index contributed by atoms with van der Waals surface area (Å²) in [5, 5.41) is 0. The standard InChI is InChI=1S/C13H20N2OS/c1-10-4-5-12(16-3)11(8-10)9-15(2)7-6-13(14)17/h4-5,8H,6-7,9H2,1-3H3,(H2,14,17). The summed E-state index contributed by atoms with van der Waals surface area (Å²) in [5.41, 5.74) is 7.93. The normalized spacial score (nSPS) is 10.6. The highest BCUT2D eigenvalue weighted by atomic mass is 32.1. The predicted molar refractivity (Wildman–Crippen MR) is 75.5 cm³/mol. The van der Waals surface area contributed by atoms with Crippen LogP contribution in [0.25, 0.3) is 0 Å². The largest absolute Gasteiger partial charge is 0.496 e. The van der Waals surface area contributed by atoms with Crippen molar-refractivity contribution in [3.05, 3.63) is 29.3 Å². The summed E-state index contributed by atoms with van der Waals surface area (Å²) in [5.74, 6) is 0.928. The van der Waals surface area contributed by atoms with Crippen LogP contribution in [-0.4, -0.2) is 30.6 Å². The Morgan fingerprint density at radius 1 is 1.47 bits per heavy atom. The van der Waals surface area contributed by atoms with Crippen LogP contribution in [0.4, 0.5) is 0 Å². The molecule has 0 saturated heterocycles. The zero-order valence-corrected chi connectivity index (χ0v) is 11.5. The molecule has 0 bridgehead atoms. The summed E-state index contributed by atoms with van der Waals surface area (Å²) in [6.45, 7) is 3.79. The molecule has 0 aliphatic heterocycles. The molecule has 3 nitrogen and oxygen atoms in total. The lowest BCUT2D eigenvalue weighted by Crippen LogP contribution is -2.23. The first-order valence-electron chi connectivity index (χ1n) is 5.63. The van der Waals surface area contributed by atoms with Gasteiger partial charge in [0.25, 0.3) is 0 Å². The lowest BCUT2D eigenvalue weighted by molar-refractivity contribution is 0.326. The van der Waals surface area contributed by atoms with Gasteiger partial charge >= 0.3 is 0 Å². The van der Waals surface area contributed by atoms with Gasteiger partial charge in [-0.1, -0.05) is 29.9 Å². The molecule has 1 aromatic carbocycles. The van der Waals surface area contributed by atoms with Gasteiger partial charge in [-0.05, 0) is 20.0 Å². The molecule has 0 spiro atoms. The van der Waals surface area contributed by atoms with Crippen molar-refractivity contribution in [2.45, 2.75) is 19.9 Å². The van der Waals surface area contributed by atoms with Crippen molar-refractivity contribution < 1.29 is 4.74 Å². The maximum absolute atomic E-state index is 5.49. The highest BCUT2D eigenvalue weighted by Crippen LogP contribution is 2.20. The molecule has 0 saturated carbocycles. The Morgan fingerprint density at radius 3 is 2.76 bits per heavy atom. The number of hydrogen-bond acceptors (Lipinski definition) is 3. The van der Waals surface area contributed by atoms with Crippen molar-refractivity contribution in [3.63, 3.8) is 0 Å². The number of rotatable bonds is 6. The van der Waals surface area contributed by atoms with Gasteiger partial charge in [-0.15, -0.1) is 0 Å². The van der Waals surface area contributed by atoms with Gasteiger partial charge in [0.2, 0.25) is 0 Å². The Morgan fingerprint density at radius 2 is 2.18 bits per heavy atom. The first-order valence-corrected chi connectivity index (χ1v) is 6.04. The fourth-order valence-corrected chi connectivity index (χ4v) is 1.79. The summed E-state index contributed by atoms with van der Waals surface area (Å²) in [7, 11) is 3.75. The molecule has 17 heavy (non-hydrogen) atoms. The van der Waals surface area contributed by atoms with Gasteiger partial charge < -0.3 is 15.4 Å². The van der Waals surface area contributed by atoms with Crippen LogP contribution in [0.15, 0.2) is 18.2 Å². The predicted octanol–water partition coefficient (Wildman–Crippen LogP) is 2.11. The van der Waals surface area contributed by atoms with E-state index in [2.05, 4.69) is 31.0 Å². The molecule has 4 heteroatoms. The van der Waals surface area contributed by atoms with Crippen molar-refractivity contribution in [3.8, 4) is 5.75 Å². The number of nitrogens with two attached hydrogens (primary N) is 1. The van der Waals surface area contributed by atoms with Crippen LogP contribution in [-0.2, 0) is 6.54 Å². The van der Waals surface area contributed by atoms with Gasteiger partial charge in [-0.25, -0.2) is 0 Å². The summed E-state index contributed by atoms with van der Waals surface area (Å²) in [4.78, 5) is 2.75. The van der Waals surface area contributed by atoms with Crippen molar-refractivity contribution >= 4 is 17.2 Å². The van der Waals surface area contributed by atoms with Crippen molar-refractivity contribution in [2.75, 3.05) is 20.7 Å². The van der Waals surface area contributed by atoms with E-state index in [4.69, 9.17) is 22.7 Å². The molecule has 1 aromatic rings. The third-order valence-corrected chi connectivity index (χ3v) is 2.82. The monoisotopic (exact) mass is 252 g/mol. The van der Waals surface area contributed by atoms with E-state index in [0.717, 1.165) is 25.3 Å². The molecule has 0 heterocycles. The van der Waals surface area contributed by atoms with E-state index in [9.17, 15) is 0 Å². The van der Waals surface area contributed by atoms with E-state index in [0.29, 0.717) is 4.99 Å². The topological polar surface area (TPSA) is 38.5 Å². The summed E-state index contributed by atoms with van der Waals surface area (Å²) in [6.07, 6.45) is 0.750. The van der Waals surface area contributed by atoms with Crippen LogP contribution in [0.1, 0.15) is 17.5 Å². The van der Waals surface area contributed by atoms with Crippen LogP contribution in [0.2, 0.25) is 0 Å². The van der Waals surface area contributed by atoms with E-state index >= 15 is 0 Å². The number of thiocarbonyl (C=S) groups is 1. The molecular formula is C13H20N2OS. The van der Waals surface area contributed by atoms with Crippen LogP contribution >= 0.6 is 12.2 Å². The average molecular weight is 252 g/mol. The second-order valence-corrected chi connectivity index (χ2v) is 4.79. The van der Waals surface area contributed by atoms with Crippen LogP contribution < -0.4 is 10.5 Å².